The molecule has 1 amide bonds. The summed E-state index contributed by atoms with van der Waals surface area (Å²) in [4.78, 5) is 25.8. The number of nitrogens with zero attached hydrogens (tertiary/aromatic N) is 4. The summed E-state index contributed by atoms with van der Waals surface area (Å²) < 4.78 is 0. The number of carbonyl (C=O) groups is 1. The van der Waals surface area contributed by atoms with Crippen molar-refractivity contribution in [2.45, 2.75) is 57.5 Å². The minimum Gasteiger partial charge on any atom is -0.338 e. The fraction of sp³-hybridized carbons (Fsp3) is 0.722. The van der Waals surface area contributed by atoms with E-state index >= 15 is 0 Å². The van der Waals surface area contributed by atoms with Crippen LogP contribution < -0.4 is 0 Å². The Morgan fingerprint density at radius 3 is 3.00 bits per heavy atom. The Kier molecular flexibility index (Phi) is 4.29. The molecule has 0 N–H and O–H groups in total. The molecule has 1 aromatic rings. The molecule has 3 heterocycles. The van der Waals surface area contributed by atoms with E-state index in [1.165, 1.54) is 44.1 Å². The van der Waals surface area contributed by atoms with Gasteiger partial charge in [0.1, 0.15) is 6.33 Å². The molecule has 2 atom stereocenters. The summed E-state index contributed by atoms with van der Waals surface area (Å²) in [7, 11) is 0. The van der Waals surface area contributed by atoms with Crippen LogP contribution in [0.15, 0.2) is 12.5 Å². The summed E-state index contributed by atoms with van der Waals surface area (Å²) in [6.45, 7) is 3.23. The third-order valence-corrected chi connectivity index (χ3v) is 5.87. The summed E-state index contributed by atoms with van der Waals surface area (Å²) in [6, 6.07) is 0.518. The van der Waals surface area contributed by atoms with Gasteiger partial charge in [0.25, 0.3) is 0 Å². The lowest BCUT2D eigenvalue weighted by molar-refractivity contribution is -0.139. The van der Waals surface area contributed by atoms with E-state index < -0.39 is 0 Å². The van der Waals surface area contributed by atoms with Crippen LogP contribution in [0.4, 0.5) is 0 Å². The van der Waals surface area contributed by atoms with E-state index in [1.54, 1.807) is 6.33 Å². The maximum atomic E-state index is 12.9. The van der Waals surface area contributed by atoms with Crippen molar-refractivity contribution in [3.63, 3.8) is 0 Å². The lowest BCUT2D eigenvalue weighted by Gasteiger charge is -2.44. The Hall–Kier alpha value is -1.49. The smallest absolute Gasteiger partial charge is 0.237 e. The maximum Gasteiger partial charge on any atom is 0.237 e. The zero-order valence-corrected chi connectivity index (χ0v) is 13.8. The van der Waals surface area contributed by atoms with Gasteiger partial charge in [-0.2, -0.15) is 0 Å². The quantitative estimate of drug-likeness (QED) is 0.838. The van der Waals surface area contributed by atoms with Gasteiger partial charge in [0.15, 0.2) is 0 Å². The number of likely N-dealkylation sites (tertiary alicyclic amines) is 1. The van der Waals surface area contributed by atoms with Crippen LogP contribution in [0.5, 0.6) is 0 Å². The second kappa shape index (κ2) is 6.56. The Morgan fingerprint density at radius 2 is 2.04 bits per heavy atom. The molecule has 5 nitrogen and oxygen atoms in total. The highest BCUT2D eigenvalue weighted by Gasteiger charge is 2.36. The van der Waals surface area contributed by atoms with Crippen LogP contribution in [0, 0.1) is 5.92 Å². The molecule has 0 aromatic carbocycles. The van der Waals surface area contributed by atoms with Gasteiger partial charge in [-0.15, -0.1) is 0 Å². The van der Waals surface area contributed by atoms with Gasteiger partial charge in [-0.25, -0.2) is 9.97 Å². The van der Waals surface area contributed by atoms with E-state index in [-0.39, 0.29) is 0 Å². The van der Waals surface area contributed by atoms with Gasteiger partial charge in [-0.3, -0.25) is 9.69 Å². The van der Waals surface area contributed by atoms with Crippen LogP contribution in [-0.4, -0.2) is 51.4 Å². The largest absolute Gasteiger partial charge is 0.338 e. The summed E-state index contributed by atoms with van der Waals surface area (Å²) in [5, 5.41) is 0. The topological polar surface area (TPSA) is 49.3 Å². The lowest BCUT2D eigenvalue weighted by Crippen LogP contribution is -2.52. The number of rotatable bonds is 2. The molecule has 124 valence electrons. The normalized spacial score (nSPS) is 28.1. The van der Waals surface area contributed by atoms with Crippen molar-refractivity contribution in [3.8, 4) is 0 Å². The van der Waals surface area contributed by atoms with Gasteiger partial charge in [0.05, 0.1) is 12.2 Å². The third kappa shape index (κ3) is 3.11. The number of aromatic nitrogens is 2. The number of carbonyl (C=O) groups excluding carboxylic acids is 1. The standard InChI is InChI=1S/C18H26N4O/c23-18(22-8-3-5-14-4-1-2-6-17(14)22)12-21-9-7-15-10-19-13-20-16(15)11-21/h10,13-14,17H,1-9,11-12H2/t14-,17-/m1/s1. The van der Waals surface area contributed by atoms with Crippen molar-refractivity contribution in [3.05, 3.63) is 23.8 Å². The summed E-state index contributed by atoms with van der Waals surface area (Å²) in [6.07, 6.45) is 12.2. The molecule has 0 unspecified atom stereocenters. The molecule has 2 fully saturated rings. The fourth-order valence-electron chi connectivity index (χ4n) is 4.66. The lowest BCUT2D eigenvalue weighted by atomic mass is 9.78. The minimum atomic E-state index is 0.333. The van der Waals surface area contributed by atoms with Gasteiger partial charge in [-0.05, 0) is 43.6 Å². The van der Waals surface area contributed by atoms with Crippen molar-refractivity contribution in [1.29, 1.82) is 0 Å². The zero-order valence-electron chi connectivity index (χ0n) is 13.8. The Bertz CT molecular complexity index is 574. The molecule has 2 aliphatic heterocycles. The maximum absolute atomic E-state index is 12.9. The second-order valence-corrected chi connectivity index (χ2v) is 7.30. The highest BCUT2D eigenvalue weighted by Crippen LogP contribution is 2.35. The highest BCUT2D eigenvalue weighted by molar-refractivity contribution is 5.78. The van der Waals surface area contributed by atoms with Crippen LogP contribution in [0.1, 0.15) is 49.8 Å². The van der Waals surface area contributed by atoms with E-state index in [2.05, 4.69) is 19.8 Å². The predicted octanol–water partition coefficient (Wildman–Crippen LogP) is 2.02. The van der Waals surface area contributed by atoms with Crippen LogP contribution in [-0.2, 0) is 17.8 Å². The number of piperidine rings is 1. The van der Waals surface area contributed by atoms with Crippen molar-refractivity contribution in [1.82, 2.24) is 19.8 Å². The van der Waals surface area contributed by atoms with Crippen LogP contribution in [0.3, 0.4) is 0 Å². The molecular weight excluding hydrogens is 288 g/mol. The van der Waals surface area contributed by atoms with Gasteiger partial charge >= 0.3 is 0 Å². The molecule has 5 heteroatoms. The van der Waals surface area contributed by atoms with Crippen molar-refractivity contribution >= 4 is 5.91 Å². The van der Waals surface area contributed by atoms with E-state index in [4.69, 9.17) is 0 Å². The van der Waals surface area contributed by atoms with E-state index in [0.29, 0.717) is 18.5 Å². The number of amides is 1. The van der Waals surface area contributed by atoms with Gasteiger partial charge in [-0.1, -0.05) is 12.8 Å². The first kappa shape index (κ1) is 15.1. The van der Waals surface area contributed by atoms with Gasteiger partial charge in [0.2, 0.25) is 5.91 Å². The average Bonchev–Trinajstić information content (AvgIpc) is 2.61. The Balaban J connectivity index is 1.40. The van der Waals surface area contributed by atoms with Crippen LogP contribution in [0.2, 0.25) is 0 Å². The second-order valence-electron chi connectivity index (χ2n) is 7.30. The molecule has 0 spiro atoms. The van der Waals surface area contributed by atoms with Crippen molar-refractivity contribution in [2.75, 3.05) is 19.6 Å². The van der Waals surface area contributed by atoms with Crippen LogP contribution in [0.25, 0.3) is 0 Å². The molecule has 3 aliphatic rings. The first-order valence-electron chi connectivity index (χ1n) is 9.11. The number of hydrogen-bond donors (Lipinski definition) is 0. The molecule has 0 bridgehead atoms. The number of hydrogen-bond acceptors (Lipinski definition) is 4. The fourth-order valence-corrected chi connectivity index (χ4v) is 4.66. The summed E-state index contributed by atoms with van der Waals surface area (Å²) in [5.41, 5.74) is 2.33. The third-order valence-electron chi connectivity index (χ3n) is 5.87. The van der Waals surface area contributed by atoms with Crippen LogP contribution >= 0.6 is 0 Å². The molecule has 1 aromatic heterocycles. The molecule has 4 rings (SSSR count). The Morgan fingerprint density at radius 1 is 1.17 bits per heavy atom. The molecule has 1 saturated heterocycles. The van der Waals surface area contributed by atoms with Gasteiger partial charge in [0, 0.05) is 31.9 Å². The summed E-state index contributed by atoms with van der Waals surface area (Å²) >= 11 is 0. The molecule has 1 aliphatic carbocycles. The highest BCUT2D eigenvalue weighted by atomic mass is 16.2. The average molecular weight is 314 g/mol. The van der Waals surface area contributed by atoms with E-state index in [9.17, 15) is 4.79 Å². The molecule has 1 saturated carbocycles. The van der Waals surface area contributed by atoms with Crippen molar-refractivity contribution in [2.24, 2.45) is 5.92 Å². The van der Waals surface area contributed by atoms with Gasteiger partial charge < -0.3 is 4.90 Å². The zero-order chi connectivity index (χ0) is 15.6. The number of fused-ring (bicyclic) bond motifs is 2. The van der Waals surface area contributed by atoms with Crippen molar-refractivity contribution < 1.29 is 4.79 Å². The molecular formula is C18H26N4O. The minimum absolute atomic E-state index is 0.333. The molecule has 23 heavy (non-hydrogen) atoms. The summed E-state index contributed by atoms with van der Waals surface area (Å²) in [5.74, 6) is 1.09. The monoisotopic (exact) mass is 314 g/mol. The van der Waals surface area contributed by atoms with E-state index in [0.717, 1.165) is 37.7 Å². The predicted molar refractivity (Wildman–Crippen MR) is 87.7 cm³/mol. The van der Waals surface area contributed by atoms with E-state index in [1.807, 2.05) is 6.20 Å². The molecule has 0 radical (unpaired) electrons. The first-order valence-corrected chi connectivity index (χ1v) is 9.11. The SMILES string of the molecule is O=C(CN1CCc2cncnc2C1)N1CCC[C@H]2CCCC[C@H]21. The first-order chi connectivity index (χ1) is 11.3. The Labute approximate surface area is 138 Å².